The fourth-order valence-electron chi connectivity index (χ4n) is 2.51. The van der Waals surface area contributed by atoms with Gasteiger partial charge in [-0.25, -0.2) is 0 Å². The fourth-order valence-corrected chi connectivity index (χ4v) is 2.51. The van der Waals surface area contributed by atoms with Crippen molar-refractivity contribution in [1.82, 2.24) is 0 Å². The zero-order valence-electron chi connectivity index (χ0n) is 8.13. The van der Waals surface area contributed by atoms with E-state index in [4.69, 9.17) is 4.74 Å². The Hall–Kier alpha value is -0.0800. The van der Waals surface area contributed by atoms with Crippen LogP contribution in [0.3, 0.4) is 0 Å². The van der Waals surface area contributed by atoms with Gasteiger partial charge in [0.25, 0.3) is 0 Å². The summed E-state index contributed by atoms with van der Waals surface area (Å²) in [6.07, 6.45) is 2.88. The molecular weight excluding hydrogens is 152 g/mol. The largest absolute Gasteiger partial charge is 0.390 e. The molecule has 3 unspecified atom stereocenters. The maximum Gasteiger partial charge on any atom is 0.0842 e. The minimum absolute atomic E-state index is 0.0108. The summed E-state index contributed by atoms with van der Waals surface area (Å²) in [6.45, 7) is 6.56. The monoisotopic (exact) mass is 170 g/mol. The van der Waals surface area contributed by atoms with E-state index in [-0.39, 0.29) is 23.2 Å². The molecular formula is C10H18O2. The highest BCUT2D eigenvalue weighted by molar-refractivity contribution is 5.03. The molecule has 2 aliphatic heterocycles. The molecule has 2 heteroatoms. The summed E-state index contributed by atoms with van der Waals surface area (Å²) in [5.74, 6) is 0. The molecule has 2 rings (SSSR count). The van der Waals surface area contributed by atoms with Crippen molar-refractivity contribution in [2.24, 2.45) is 5.41 Å². The van der Waals surface area contributed by atoms with Gasteiger partial charge in [-0.1, -0.05) is 13.8 Å². The summed E-state index contributed by atoms with van der Waals surface area (Å²) >= 11 is 0. The predicted octanol–water partition coefficient (Wildman–Crippen LogP) is 1.71. The number of aliphatic hydroxyl groups is 1. The van der Waals surface area contributed by atoms with Crippen LogP contribution in [0, 0.1) is 5.41 Å². The number of rotatable bonds is 0. The van der Waals surface area contributed by atoms with E-state index in [0.29, 0.717) is 0 Å². The maximum absolute atomic E-state index is 9.72. The lowest BCUT2D eigenvalue weighted by atomic mass is 9.71. The van der Waals surface area contributed by atoms with E-state index in [1.165, 1.54) is 0 Å². The minimum Gasteiger partial charge on any atom is -0.390 e. The van der Waals surface area contributed by atoms with E-state index < -0.39 is 0 Å². The Labute approximate surface area is 73.9 Å². The number of hydrogen-bond donors (Lipinski definition) is 1. The van der Waals surface area contributed by atoms with E-state index in [9.17, 15) is 5.11 Å². The van der Waals surface area contributed by atoms with Crippen LogP contribution < -0.4 is 0 Å². The molecule has 0 aliphatic carbocycles. The van der Waals surface area contributed by atoms with Crippen LogP contribution in [0.1, 0.15) is 40.0 Å². The van der Waals surface area contributed by atoms with Crippen LogP contribution in [0.25, 0.3) is 0 Å². The smallest absolute Gasteiger partial charge is 0.0842 e. The van der Waals surface area contributed by atoms with E-state index in [1.54, 1.807) is 0 Å². The summed E-state index contributed by atoms with van der Waals surface area (Å²) < 4.78 is 5.86. The van der Waals surface area contributed by atoms with E-state index in [2.05, 4.69) is 20.8 Å². The number of hydrogen-bond acceptors (Lipinski definition) is 2. The van der Waals surface area contributed by atoms with Gasteiger partial charge < -0.3 is 9.84 Å². The van der Waals surface area contributed by atoms with Gasteiger partial charge in [-0.05, 0) is 31.6 Å². The fraction of sp³-hybridized carbons (Fsp3) is 1.00. The highest BCUT2D eigenvalue weighted by atomic mass is 16.5. The van der Waals surface area contributed by atoms with Gasteiger partial charge >= 0.3 is 0 Å². The quantitative estimate of drug-likeness (QED) is 0.599. The Kier molecular flexibility index (Phi) is 1.59. The van der Waals surface area contributed by atoms with Crippen LogP contribution in [-0.4, -0.2) is 22.9 Å². The van der Waals surface area contributed by atoms with Crippen molar-refractivity contribution >= 4 is 0 Å². The van der Waals surface area contributed by atoms with E-state index in [1.807, 2.05) is 0 Å². The van der Waals surface area contributed by atoms with Gasteiger partial charge in [-0.3, -0.25) is 0 Å². The Morgan fingerprint density at radius 1 is 1.33 bits per heavy atom. The van der Waals surface area contributed by atoms with Crippen molar-refractivity contribution in [3.63, 3.8) is 0 Å². The molecule has 0 aromatic rings. The third-order valence-electron chi connectivity index (χ3n) is 3.90. The van der Waals surface area contributed by atoms with Gasteiger partial charge in [0.15, 0.2) is 0 Å². The molecule has 1 N–H and O–H groups in total. The maximum atomic E-state index is 9.72. The first-order valence-corrected chi connectivity index (χ1v) is 4.80. The molecule has 2 nitrogen and oxygen atoms in total. The molecule has 12 heavy (non-hydrogen) atoms. The topological polar surface area (TPSA) is 29.5 Å². The molecule has 0 aromatic carbocycles. The molecule has 2 saturated heterocycles. The standard InChI is InChI=1S/C10H18O2/c1-9(2)6-7(11)8-4-5-10(9,3)12-8/h7-8,11H,4-6H2,1-3H3. The summed E-state index contributed by atoms with van der Waals surface area (Å²) in [5, 5.41) is 9.72. The van der Waals surface area contributed by atoms with E-state index in [0.717, 1.165) is 19.3 Å². The third-order valence-corrected chi connectivity index (χ3v) is 3.90. The van der Waals surface area contributed by atoms with Crippen LogP contribution in [0.2, 0.25) is 0 Å². The summed E-state index contributed by atoms with van der Waals surface area (Å²) in [4.78, 5) is 0. The zero-order valence-corrected chi connectivity index (χ0v) is 8.13. The van der Waals surface area contributed by atoms with Crippen molar-refractivity contribution in [1.29, 1.82) is 0 Å². The molecule has 0 spiro atoms. The summed E-state index contributed by atoms with van der Waals surface area (Å²) in [5.41, 5.74) is 0.135. The van der Waals surface area contributed by atoms with Crippen LogP contribution in [0.4, 0.5) is 0 Å². The minimum atomic E-state index is -0.240. The molecule has 0 amide bonds. The van der Waals surface area contributed by atoms with Gasteiger partial charge in [-0.15, -0.1) is 0 Å². The lowest BCUT2D eigenvalue weighted by molar-refractivity contribution is -0.185. The van der Waals surface area contributed by atoms with Gasteiger partial charge in [0.1, 0.15) is 0 Å². The van der Waals surface area contributed by atoms with Crippen molar-refractivity contribution < 1.29 is 9.84 Å². The lowest BCUT2D eigenvalue weighted by Gasteiger charge is -2.46. The Bertz CT molecular complexity index is 200. The first-order valence-electron chi connectivity index (χ1n) is 4.80. The molecule has 3 atom stereocenters. The molecule has 0 aromatic heterocycles. The van der Waals surface area contributed by atoms with Crippen molar-refractivity contribution in [2.75, 3.05) is 0 Å². The van der Waals surface area contributed by atoms with Gasteiger partial charge in [0.05, 0.1) is 17.8 Å². The average molecular weight is 170 g/mol. The Morgan fingerprint density at radius 3 is 2.67 bits per heavy atom. The predicted molar refractivity (Wildman–Crippen MR) is 46.9 cm³/mol. The van der Waals surface area contributed by atoms with E-state index >= 15 is 0 Å². The average Bonchev–Trinajstić information content (AvgIpc) is 2.28. The lowest BCUT2D eigenvalue weighted by Crippen LogP contribution is -2.50. The SMILES string of the molecule is CC1(C)CC(O)C2CCC1(C)O2. The molecule has 2 bridgehead atoms. The molecule has 2 heterocycles. The van der Waals surface area contributed by atoms with Crippen molar-refractivity contribution in [3.8, 4) is 0 Å². The zero-order chi connectivity index (χ0) is 8.98. The molecule has 70 valence electrons. The van der Waals surface area contributed by atoms with Crippen LogP contribution in [0.5, 0.6) is 0 Å². The molecule has 2 aliphatic rings. The van der Waals surface area contributed by atoms with Crippen molar-refractivity contribution in [2.45, 2.75) is 57.8 Å². The highest BCUT2D eigenvalue weighted by Crippen LogP contribution is 2.51. The Balaban J connectivity index is 2.29. The second-order valence-corrected chi connectivity index (χ2v) is 5.08. The first kappa shape index (κ1) is 8.52. The second-order valence-electron chi connectivity index (χ2n) is 5.08. The van der Waals surface area contributed by atoms with Crippen LogP contribution >= 0.6 is 0 Å². The van der Waals surface area contributed by atoms with Gasteiger partial charge in [0, 0.05) is 0 Å². The normalized spacial score (nSPS) is 51.0. The highest BCUT2D eigenvalue weighted by Gasteiger charge is 2.54. The first-order chi connectivity index (χ1) is 5.45. The van der Waals surface area contributed by atoms with Crippen molar-refractivity contribution in [3.05, 3.63) is 0 Å². The Morgan fingerprint density at radius 2 is 2.00 bits per heavy atom. The van der Waals surface area contributed by atoms with Gasteiger partial charge in [-0.2, -0.15) is 0 Å². The number of fused-ring (bicyclic) bond motifs is 2. The molecule has 2 fully saturated rings. The summed E-state index contributed by atoms with van der Waals surface area (Å²) in [6, 6.07) is 0. The molecule has 0 saturated carbocycles. The van der Waals surface area contributed by atoms with Crippen LogP contribution in [-0.2, 0) is 4.74 Å². The summed E-state index contributed by atoms with van der Waals surface area (Å²) in [7, 11) is 0. The van der Waals surface area contributed by atoms with Gasteiger partial charge in [0.2, 0.25) is 0 Å². The third kappa shape index (κ3) is 0.944. The molecule has 0 radical (unpaired) electrons. The number of ether oxygens (including phenoxy) is 1. The number of aliphatic hydroxyl groups excluding tert-OH is 1. The van der Waals surface area contributed by atoms with Crippen LogP contribution in [0.15, 0.2) is 0 Å². The second kappa shape index (κ2) is 2.24.